The first-order chi connectivity index (χ1) is 9.78. The maximum absolute atomic E-state index is 12.3. The number of hydrogen-bond donors (Lipinski definition) is 0. The minimum absolute atomic E-state index is 0.0731. The van der Waals surface area contributed by atoms with Crippen molar-refractivity contribution in [2.45, 2.75) is 19.4 Å². The number of amides is 1. The van der Waals surface area contributed by atoms with Crippen LogP contribution in [0.4, 0.5) is 5.69 Å². The summed E-state index contributed by atoms with van der Waals surface area (Å²) in [5, 5.41) is 12.6. The SMILES string of the molecule is N#Cc1ncn(CCC(=O)N2CCc3ccccc32)n1. The number of rotatable bonds is 3. The van der Waals surface area contributed by atoms with Gasteiger partial charge in [0.2, 0.25) is 5.91 Å². The smallest absolute Gasteiger partial charge is 0.252 e. The zero-order chi connectivity index (χ0) is 13.9. The maximum atomic E-state index is 12.3. The number of nitrogens with zero attached hydrogens (tertiary/aromatic N) is 5. The van der Waals surface area contributed by atoms with E-state index in [1.165, 1.54) is 16.6 Å². The third-order valence-corrected chi connectivity index (χ3v) is 3.38. The molecule has 0 bridgehead atoms. The zero-order valence-electron chi connectivity index (χ0n) is 10.9. The van der Waals surface area contributed by atoms with Gasteiger partial charge >= 0.3 is 0 Å². The first-order valence-electron chi connectivity index (χ1n) is 6.46. The van der Waals surface area contributed by atoms with Crippen molar-refractivity contribution in [1.82, 2.24) is 14.8 Å². The highest BCUT2D eigenvalue weighted by atomic mass is 16.2. The molecule has 2 heterocycles. The van der Waals surface area contributed by atoms with Crippen LogP contribution in [0.5, 0.6) is 0 Å². The highest BCUT2D eigenvalue weighted by molar-refractivity contribution is 5.95. The summed E-state index contributed by atoms with van der Waals surface area (Å²) in [5.41, 5.74) is 2.22. The Morgan fingerprint density at radius 3 is 3.05 bits per heavy atom. The summed E-state index contributed by atoms with van der Waals surface area (Å²) in [6.45, 7) is 1.17. The van der Waals surface area contributed by atoms with Crippen LogP contribution in [-0.4, -0.2) is 27.2 Å². The standard InChI is InChI=1S/C14H13N5O/c15-9-13-16-10-18(17-13)7-6-14(20)19-8-5-11-3-1-2-4-12(11)19/h1-4,10H,5-8H2. The van der Waals surface area contributed by atoms with E-state index in [1.807, 2.05) is 29.2 Å². The van der Waals surface area contributed by atoms with Crippen molar-refractivity contribution in [3.05, 3.63) is 42.0 Å². The van der Waals surface area contributed by atoms with Crippen LogP contribution in [0.25, 0.3) is 0 Å². The number of anilines is 1. The highest BCUT2D eigenvalue weighted by Crippen LogP contribution is 2.27. The molecule has 0 fully saturated rings. The number of aryl methyl sites for hydroxylation is 1. The van der Waals surface area contributed by atoms with E-state index in [1.54, 1.807) is 0 Å². The Morgan fingerprint density at radius 2 is 2.25 bits per heavy atom. The Kier molecular flexibility index (Phi) is 3.17. The van der Waals surface area contributed by atoms with Gasteiger partial charge in [-0.2, -0.15) is 5.26 Å². The molecular weight excluding hydrogens is 254 g/mol. The van der Waals surface area contributed by atoms with E-state index in [9.17, 15) is 4.79 Å². The Labute approximate surface area is 116 Å². The van der Waals surface area contributed by atoms with Gasteiger partial charge in [-0.1, -0.05) is 18.2 Å². The number of carbonyl (C=O) groups is 1. The van der Waals surface area contributed by atoms with Crippen LogP contribution in [-0.2, 0) is 17.8 Å². The van der Waals surface area contributed by atoms with Crippen molar-refractivity contribution in [3.8, 4) is 6.07 Å². The average Bonchev–Trinajstić information content (AvgIpc) is 3.11. The summed E-state index contributed by atoms with van der Waals surface area (Å²) in [4.78, 5) is 17.9. The maximum Gasteiger partial charge on any atom is 0.252 e. The van der Waals surface area contributed by atoms with Crippen molar-refractivity contribution < 1.29 is 4.79 Å². The summed E-state index contributed by atoms with van der Waals surface area (Å²) >= 11 is 0. The summed E-state index contributed by atoms with van der Waals surface area (Å²) in [6, 6.07) is 9.83. The van der Waals surface area contributed by atoms with Crippen LogP contribution in [0.15, 0.2) is 30.6 Å². The van der Waals surface area contributed by atoms with Crippen molar-refractivity contribution in [3.63, 3.8) is 0 Å². The van der Waals surface area contributed by atoms with Gasteiger partial charge in [-0.15, -0.1) is 5.10 Å². The van der Waals surface area contributed by atoms with Gasteiger partial charge < -0.3 is 4.90 Å². The van der Waals surface area contributed by atoms with Crippen LogP contribution < -0.4 is 4.90 Å². The molecule has 1 aliphatic rings. The molecule has 6 nitrogen and oxygen atoms in total. The lowest BCUT2D eigenvalue weighted by Gasteiger charge is -2.17. The molecule has 0 spiro atoms. The number of aromatic nitrogens is 3. The van der Waals surface area contributed by atoms with Crippen molar-refractivity contribution in [2.75, 3.05) is 11.4 Å². The van der Waals surface area contributed by atoms with E-state index in [0.717, 1.165) is 18.7 Å². The van der Waals surface area contributed by atoms with E-state index in [4.69, 9.17) is 5.26 Å². The van der Waals surface area contributed by atoms with E-state index in [0.29, 0.717) is 13.0 Å². The Hall–Kier alpha value is -2.68. The molecule has 2 aromatic rings. The zero-order valence-corrected chi connectivity index (χ0v) is 10.9. The Morgan fingerprint density at radius 1 is 1.40 bits per heavy atom. The molecule has 1 aromatic heterocycles. The molecule has 0 N–H and O–H groups in total. The van der Waals surface area contributed by atoms with Gasteiger partial charge in [-0.05, 0) is 18.1 Å². The quantitative estimate of drug-likeness (QED) is 0.835. The van der Waals surface area contributed by atoms with Crippen LogP contribution in [0.3, 0.4) is 0 Å². The molecule has 0 aliphatic carbocycles. The second-order valence-corrected chi connectivity index (χ2v) is 4.62. The summed E-state index contributed by atoms with van der Waals surface area (Å²) in [7, 11) is 0. The number of para-hydroxylation sites is 1. The number of fused-ring (bicyclic) bond motifs is 1. The minimum atomic E-state index is 0.0731. The summed E-state index contributed by atoms with van der Waals surface area (Å²) < 4.78 is 1.53. The molecular formula is C14H13N5O. The molecule has 1 aromatic carbocycles. The average molecular weight is 267 g/mol. The molecule has 1 aliphatic heterocycles. The van der Waals surface area contributed by atoms with Gasteiger partial charge in [-0.25, -0.2) is 4.98 Å². The van der Waals surface area contributed by atoms with Gasteiger partial charge in [0, 0.05) is 18.7 Å². The fraction of sp³-hybridized carbons (Fsp3) is 0.286. The third-order valence-electron chi connectivity index (χ3n) is 3.38. The number of hydrogen-bond acceptors (Lipinski definition) is 4. The molecule has 0 saturated heterocycles. The normalized spacial score (nSPS) is 13.1. The molecule has 0 unspecified atom stereocenters. The fourth-order valence-electron chi connectivity index (χ4n) is 2.40. The first kappa shape index (κ1) is 12.4. The predicted octanol–water partition coefficient (Wildman–Crippen LogP) is 1.13. The summed E-state index contributed by atoms with van der Waals surface area (Å²) in [6.07, 6.45) is 2.73. The van der Waals surface area contributed by atoms with E-state index in [-0.39, 0.29) is 11.7 Å². The molecule has 20 heavy (non-hydrogen) atoms. The molecule has 3 rings (SSSR count). The first-order valence-corrected chi connectivity index (χ1v) is 6.46. The predicted molar refractivity (Wildman–Crippen MR) is 71.9 cm³/mol. The largest absolute Gasteiger partial charge is 0.312 e. The second kappa shape index (κ2) is 5.13. The third kappa shape index (κ3) is 2.26. The van der Waals surface area contributed by atoms with Crippen molar-refractivity contribution >= 4 is 11.6 Å². The molecule has 100 valence electrons. The molecule has 6 heteroatoms. The van der Waals surface area contributed by atoms with Crippen LogP contribution in [0, 0.1) is 11.3 Å². The number of nitriles is 1. The van der Waals surface area contributed by atoms with Crippen LogP contribution in [0.1, 0.15) is 17.8 Å². The molecule has 0 saturated carbocycles. The van der Waals surface area contributed by atoms with Gasteiger partial charge in [0.05, 0.1) is 6.54 Å². The lowest BCUT2D eigenvalue weighted by atomic mass is 10.2. The topological polar surface area (TPSA) is 74.8 Å². The summed E-state index contributed by atoms with van der Waals surface area (Å²) in [5.74, 6) is 0.202. The fourth-order valence-corrected chi connectivity index (χ4v) is 2.40. The molecule has 0 radical (unpaired) electrons. The highest BCUT2D eigenvalue weighted by Gasteiger charge is 2.23. The van der Waals surface area contributed by atoms with E-state index in [2.05, 4.69) is 16.1 Å². The number of benzene rings is 1. The molecule has 0 atom stereocenters. The Balaban J connectivity index is 1.65. The van der Waals surface area contributed by atoms with Gasteiger partial charge in [0.1, 0.15) is 12.4 Å². The van der Waals surface area contributed by atoms with Crippen LogP contribution in [0.2, 0.25) is 0 Å². The lowest BCUT2D eigenvalue weighted by molar-refractivity contribution is -0.118. The monoisotopic (exact) mass is 267 g/mol. The van der Waals surface area contributed by atoms with Gasteiger partial charge in [-0.3, -0.25) is 9.48 Å². The van der Waals surface area contributed by atoms with Gasteiger partial charge in [0.25, 0.3) is 5.82 Å². The van der Waals surface area contributed by atoms with Gasteiger partial charge in [0.15, 0.2) is 0 Å². The Bertz CT molecular complexity index is 685. The number of carbonyl (C=O) groups excluding carboxylic acids is 1. The van der Waals surface area contributed by atoms with Crippen molar-refractivity contribution in [1.29, 1.82) is 5.26 Å². The lowest BCUT2D eigenvalue weighted by Crippen LogP contribution is -2.29. The van der Waals surface area contributed by atoms with Crippen LogP contribution >= 0.6 is 0 Å². The molecule has 1 amide bonds. The van der Waals surface area contributed by atoms with E-state index < -0.39 is 0 Å². The van der Waals surface area contributed by atoms with Crippen molar-refractivity contribution in [2.24, 2.45) is 0 Å². The second-order valence-electron chi connectivity index (χ2n) is 4.62. The van der Waals surface area contributed by atoms with E-state index >= 15 is 0 Å². The minimum Gasteiger partial charge on any atom is -0.312 e.